The highest BCUT2D eigenvalue weighted by Crippen LogP contribution is 2.13. The van der Waals surface area contributed by atoms with E-state index < -0.39 is 0 Å². The Morgan fingerprint density at radius 2 is 2.04 bits per heavy atom. The van der Waals surface area contributed by atoms with Crippen molar-refractivity contribution in [2.45, 2.75) is 59.9 Å². The third kappa shape index (κ3) is 8.79. The number of hydrogen-bond donors (Lipinski definition) is 2. The topological polar surface area (TPSA) is 48.9 Å². The van der Waals surface area contributed by atoms with Crippen molar-refractivity contribution in [1.29, 1.82) is 0 Å². The molecule has 1 aliphatic heterocycles. The summed E-state index contributed by atoms with van der Waals surface area (Å²) < 4.78 is 5.63. The van der Waals surface area contributed by atoms with Crippen LogP contribution in [0.15, 0.2) is 29.3 Å². The summed E-state index contributed by atoms with van der Waals surface area (Å²) in [6.45, 7) is 16.3. The molecule has 2 atom stereocenters. The lowest BCUT2D eigenvalue weighted by Crippen LogP contribution is -2.44. The number of nitrogens with zero attached hydrogens (tertiary/aromatic N) is 2. The Morgan fingerprint density at radius 3 is 2.70 bits per heavy atom. The number of ether oxygens (including phenoxy) is 1. The number of morpholine rings is 1. The van der Waals surface area contributed by atoms with E-state index in [0.29, 0.717) is 24.6 Å². The predicted octanol–water partition coefficient (Wildman–Crippen LogP) is 3.62. The van der Waals surface area contributed by atoms with Crippen LogP contribution in [0.1, 0.15) is 45.7 Å². The number of guanidine groups is 1. The molecule has 1 heterocycles. The quantitative estimate of drug-likeness (QED) is 0.350. The molecule has 1 aromatic carbocycles. The largest absolute Gasteiger partial charge is 0.376 e. The summed E-state index contributed by atoms with van der Waals surface area (Å²) >= 11 is 0. The normalized spacial score (nSPS) is 19.5. The number of aliphatic imine (C=N–C) groups is 1. The lowest BCUT2D eigenvalue weighted by Gasteiger charge is -2.31. The molecule has 0 radical (unpaired) electrons. The van der Waals surface area contributed by atoms with E-state index >= 15 is 0 Å². The predicted molar refractivity (Wildman–Crippen MR) is 125 cm³/mol. The lowest BCUT2D eigenvalue weighted by atomic mass is 10.1. The SMILES string of the molecule is CCNC(=NCc1cccc(CN2CCOC(C)C2)c1)NC(C)C(C)C.I. The minimum Gasteiger partial charge on any atom is -0.376 e. The molecule has 0 saturated carbocycles. The van der Waals surface area contributed by atoms with Crippen LogP contribution >= 0.6 is 24.0 Å². The second-order valence-electron chi connectivity index (χ2n) is 7.61. The molecule has 0 aromatic heterocycles. The second kappa shape index (κ2) is 12.6. The molecule has 5 nitrogen and oxygen atoms in total. The highest BCUT2D eigenvalue weighted by molar-refractivity contribution is 14.0. The van der Waals surface area contributed by atoms with Gasteiger partial charge in [-0.3, -0.25) is 4.90 Å². The van der Waals surface area contributed by atoms with Crippen LogP contribution < -0.4 is 10.6 Å². The van der Waals surface area contributed by atoms with Gasteiger partial charge in [0.05, 0.1) is 19.3 Å². The molecule has 2 unspecified atom stereocenters. The van der Waals surface area contributed by atoms with Gasteiger partial charge < -0.3 is 15.4 Å². The third-order valence-electron chi connectivity index (χ3n) is 4.85. The van der Waals surface area contributed by atoms with Crippen molar-refractivity contribution in [3.63, 3.8) is 0 Å². The monoisotopic (exact) mass is 488 g/mol. The molecule has 1 aliphatic rings. The summed E-state index contributed by atoms with van der Waals surface area (Å²) in [6.07, 6.45) is 0.327. The van der Waals surface area contributed by atoms with Crippen molar-refractivity contribution in [2.24, 2.45) is 10.9 Å². The van der Waals surface area contributed by atoms with Gasteiger partial charge >= 0.3 is 0 Å². The third-order valence-corrected chi connectivity index (χ3v) is 4.85. The molecule has 1 aromatic rings. The summed E-state index contributed by atoms with van der Waals surface area (Å²) in [4.78, 5) is 7.23. The second-order valence-corrected chi connectivity index (χ2v) is 7.61. The van der Waals surface area contributed by atoms with E-state index in [9.17, 15) is 0 Å². The Balaban J connectivity index is 0.00000364. The molecule has 6 heteroatoms. The molecule has 1 fully saturated rings. The van der Waals surface area contributed by atoms with E-state index in [0.717, 1.165) is 38.7 Å². The molecule has 2 N–H and O–H groups in total. The zero-order chi connectivity index (χ0) is 18.9. The van der Waals surface area contributed by atoms with E-state index in [1.807, 2.05) is 0 Å². The number of halogens is 1. The standard InChI is InChI=1S/C21H36N4O.HI/c1-6-22-21(24-18(5)16(2)3)23-13-19-8-7-9-20(12-19)15-25-10-11-26-17(4)14-25;/h7-9,12,16-18H,6,10-11,13-15H2,1-5H3,(H2,22,23,24);1H. The average Bonchev–Trinajstić information content (AvgIpc) is 2.60. The van der Waals surface area contributed by atoms with Crippen LogP contribution in [0.2, 0.25) is 0 Å². The highest BCUT2D eigenvalue weighted by atomic mass is 127. The molecule has 0 amide bonds. The van der Waals surface area contributed by atoms with Crippen LogP contribution in [0.25, 0.3) is 0 Å². The van der Waals surface area contributed by atoms with E-state index in [1.54, 1.807) is 0 Å². The average molecular weight is 488 g/mol. The van der Waals surface area contributed by atoms with Gasteiger partial charge in [-0.05, 0) is 37.8 Å². The van der Waals surface area contributed by atoms with Crippen molar-refractivity contribution >= 4 is 29.9 Å². The Hall–Kier alpha value is -0.860. The van der Waals surface area contributed by atoms with E-state index in [1.165, 1.54) is 11.1 Å². The van der Waals surface area contributed by atoms with Crippen LogP contribution in [-0.4, -0.2) is 49.2 Å². The van der Waals surface area contributed by atoms with Gasteiger partial charge in [0.2, 0.25) is 0 Å². The molecule has 27 heavy (non-hydrogen) atoms. The summed E-state index contributed by atoms with van der Waals surface area (Å²) in [7, 11) is 0. The van der Waals surface area contributed by atoms with Gasteiger partial charge in [0.1, 0.15) is 0 Å². The molecule has 0 spiro atoms. The minimum atomic E-state index is 0. The summed E-state index contributed by atoms with van der Waals surface area (Å²) in [5, 5.41) is 6.83. The van der Waals surface area contributed by atoms with Gasteiger partial charge in [0.15, 0.2) is 5.96 Å². The maximum atomic E-state index is 5.63. The summed E-state index contributed by atoms with van der Waals surface area (Å²) in [5.41, 5.74) is 2.60. The van der Waals surface area contributed by atoms with Crippen molar-refractivity contribution in [2.75, 3.05) is 26.2 Å². The molecule has 0 bridgehead atoms. The van der Waals surface area contributed by atoms with Crippen LogP contribution in [0.4, 0.5) is 0 Å². The van der Waals surface area contributed by atoms with Gasteiger partial charge in [0, 0.05) is 32.2 Å². The highest BCUT2D eigenvalue weighted by Gasteiger charge is 2.16. The van der Waals surface area contributed by atoms with Crippen molar-refractivity contribution < 1.29 is 4.74 Å². The Kier molecular flexibility index (Phi) is 11.3. The molecular formula is C21H37IN4O. The van der Waals surface area contributed by atoms with Crippen LogP contribution in [0, 0.1) is 5.92 Å². The maximum absolute atomic E-state index is 5.63. The smallest absolute Gasteiger partial charge is 0.191 e. The molecule has 1 saturated heterocycles. The van der Waals surface area contributed by atoms with Gasteiger partial charge in [-0.1, -0.05) is 38.1 Å². The molecule has 154 valence electrons. The van der Waals surface area contributed by atoms with Gasteiger partial charge in [0.25, 0.3) is 0 Å². The molecule has 0 aliphatic carbocycles. The van der Waals surface area contributed by atoms with Crippen molar-refractivity contribution in [3.05, 3.63) is 35.4 Å². The van der Waals surface area contributed by atoms with Crippen LogP contribution in [0.3, 0.4) is 0 Å². The van der Waals surface area contributed by atoms with Gasteiger partial charge in [-0.25, -0.2) is 4.99 Å². The first kappa shape index (κ1) is 24.2. The van der Waals surface area contributed by atoms with E-state index in [4.69, 9.17) is 9.73 Å². The first-order valence-electron chi connectivity index (χ1n) is 9.94. The van der Waals surface area contributed by atoms with Gasteiger partial charge in [-0.15, -0.1) is 24.0 Å². The minimum absolute atomic E-state index is 0. The zero-order valence-electron chi connectivity index (χ0n) is 17.5. The Labute approximate surface area is 182 Å². The summed E-state index contributed by atoms with van der Waals surface area (Å²) in [5.74, 6) is 1.46. The fourth-order valence-corrected chi connectivity index (χ4v) is 2.99. The molecular weight excluding hydrogens is 451 g/mol. The molecule has 2 rings (SSSR count). The van der Waals surface area contributed by atoms with Crippen LogP contribution in [0.5, 0.6) is 0 Å². The Morgan fingerprint density at radius 1 is 1.30 bits per heavy atom. The van der Waals surface area contributed by atoms with Gasteiger partial charge in [-0.2, -0.15) is 0 Å². The first-order chi connectivity index (χ1) is 12.5. The van der Waals surface area contributed by atoms with Crippen LogP contribution in [-0.2, 0) is 17.8 Å². The zero-order valence-corrected chi connectivity index (χ0v) is 19.8. The lowest BCUT2D eigenvalue weighted by molar-refractivity contribution is -0.0212. The first-order valence-corrected chi connectivity index (χ1v) is 9.94. The number of rotatable bonds is 7. The maximum Gasteiger partial charge on any atom is 0.191 e. The van der Waals surface area contributed by atoms with E-state index in [2.05, 4.69) is 74.4 Å². The number of benzene rings is 1. The number of hydrogen-bond acceptors (Lipinski definition) is 3. The van der Waals surface area contributed by atoms with Crippen molar-refractivity contribution in [3.8, 4) is 0 Å². The fourth-order valence-electron chi connectivity index (χ4n) is 2.99. The summed E-state index contributed by atoms with van der Waals surface area (Å²) in [6, 6.07) is 9.17. The fraction of sp³-hybridized carbons (Fsp3) is 0.667. The Bertz CT molecular complexity index is 579. The van der Waals surface area contributed by atoms with Crippen molar-refractivity contribution in [1.82, 2.24) is 15.5 Å². The number of nitrogens with one attached hydrogen (secondary N) is 2. The van der Waals surface area contributed by atoms with E-state index in [-0.39, 0.29) is 24.0 Å².